The molecule has 2 amide bonds. The van der Waals surface area contributed by atoms with Crippen molar-refractivity contribution in [1.29, 1.82) is 0 Å². The van der Waals surface area contributed by atoms with Crippen molar-refractivity contribution in [2.45, 2.75) is 19.4 Å². The van der Waals surface area contributed by atoms with Crippen LogP contribution in [0.15, 0.2) is 30.3 Å². The van der Waals surface area contributed by atoms with Crippen LogP contribution in [0.4, 0.5) is 4.79 Å². The average Bonchev–Trinajstić information content (AvgIpc) is 2.66. The Kier molecular flexibility index (Phi) is 12.3. The van der Waals surface area contributed by atoms with E-state index in [1.807, 2.05) is 30.3 Å². The molecule has 0 radical (unpaired) electrons. The van der Waals surface area contributed by atoms with Gasteiger partial charge in [0.15, 0.2) is 0 Å². The molecule has 0 atom stereocenters. The lowest BCUT2D eigenvalue weighted by Gasteiger charge is -2.08. The average molecular weight is 366 g/mol. The van der Waals surface area contributed by atoms with Gasteiger partial charge in [0.05, 0.1) is 26.4 Å². The summed E-state index contributed by atoms with van der Waals surface area (Å²) < 4.78 is 15.4. The van der Waals surface area contributed by atoms with Gasteiger partial charge in [0.1, 0.15) is 12.9 Å². The third-order valence-electron chi connectivity index (χ3n) is 3.15. The molecular formula is C18H26N2O6. The van der Waals surface area contributed by atoms with Crippen LogP contribution < -0.4 is 10.6 Å². The quantitative estimate of drug-likeness (QED) is 0.377. The van der Waals surface area contributed by atoms with Crippen LogP contribution in [0.5, 0.6) is 0 Å². The van der Waals surface area contributed by atoms with Gasteiger partial charge >= 0.3 is 6.09 Å². The summed E-state index contributed by atoms with van der Waals surface area (Å²) in [6.45, 7) is 2.35. The Morgan fingerprint density at radius 2 is 1.65 bits per heavy atom. The topological polar surface area (TPSA) is 103 Å². The second-order valence-corrected chi connectivity index (χ2v) is 5.27. The van der Waals surface area contributed by atoms with Gasteiger partial charge in [-0.25, -0.2) is 4.79 Å². The number of hydrogen-bond acceptors (Lipinski definition) is 6. The Hall–Kier alpha value is -2.45. The predicted octanol–water partition coefficient (Wildman–Crippen LogP) is 1.04. The molecule has 0 aliphatic heterocycles. The molecule has 26 heavy (non-hydrogen) atoms. The first-order chi connectivity index (χ1) is 12.7. The maximum absolute atomic E-state index is 11.6. The summed E-state index contributed by atoms with van der Waals surface area (Å²) in [5, 5.41) is 5.21. The fourth-order valence-corrected chi connectivity index (χ4v) is 1.86. The van der Waals surface area contributed by atoms with Crippen molar-refractivity contribution in [3.05, 3.63) is 35.9 Å². The zero-order valence-corrected chi connectivity index (χ0v) is 14.8. The number of amides is 2. The van der Waals surface area contributed by atoms with E-state index >= 15 is 0 Å². The first kappa shape index (κ1) is 21.6. The van der Waals surface area contributed by atoms with Crippen LogP contribution in [0.25, 0.3) is 0 Å². The first-order valence-electron chi connectivity index (χ1n) is 8.52. The molecule has 1 aromatic carbocycles. The molecule has 0 spiro atoms. The summed E-state index contributed by atoms with van der Waals surface area (Å²) in [5.41, 5.74) is 0.898. The van der Waals surface area contributed by atoms with Gasteiger partial charge in [0, 0.05) is 25.9 Å². The van der Waals surface area contributed by atoms with Crippen LogP contribution >= 0.6 is 0 Å². The molecule has 0 aliphatic carbocycles. The molecule has 0 saturated carbocycles. The molecule has 144 valence electrons. The van der Waals surface area contributed by atoms with E-state index in [4.69, 9.17) is 14.2 Å². The summed E-state index contributed by atoms with van der Waals surface area (Å²) in [7, 11) is 0. The fraction of sp³-hybridized carbons (Fsp3) is 0.500. The van der Waals surface area contributed by atoms with Gasteiger partial charge in [-0.3, -0.25) is 4.79 Å². The summed E-state index contributed by atoms with van der Waals surface area (Å²) in [4.78, 5) is 33.2. The molecule has 0 aliphatic rings. The minimum absolute atomic E-state index is 0.162. The molecule has 0 heterocycles. The second-order valence-electron chi connectivity index (χ2n) is 5.27. The number of aldehydes is 1. The van der Waals surface area contributed by atoms with E-state index in [9.17, 15) is 14.4 Å². The number of carbonyl (C=O) groups is 3. The molecule has 0 bridgehead atoms. The van der Waals surface area contributed by atoms with Crippen molar-refractivity contribution in [1.82, 2.24) is 10.6 Å². The number of ether oxygens (including phenoxy) is 3. The van der Waals surface area contributed by atoms with Crippen LogP contribution in [-0.2, 0) is 30.4 Å². The number of benzene rings is 1. The maximum Gasteiger partial charge on any atom is 0.407 e. The van der Waals surface area contributed by atoms with Gasteiger partial charge in [-0.05, 0) is 5.56 Å². The molecule has 0 saturated heterocycles. The van der Waals surface area contributed by atoms with Crippen molar-refractivity contribution in [2.75, 3.05) is 39.5 Å². The second kappa shape index (κ2) is 14.9. The third kappa shape index (κ3) is 12.0. The van der Waals surface area contributed by atoms with Crippen LogP contribution in [-0.4, -0.2) is 57.8 Å². The smallest absolute Gasteiger partial charge is 0.407 e. The standard InChI is InChI=1S/C18H26N2O6/c21-10-4-11-24-13-14-25-12-9-19-17(22)7-8-20-18(23)26-15-16-5-2-1-3-6-16/h1-3,5-6,10H,4,7-9,11-15H2,(H,19,22)(H,20,23). The van der Waals surface area contributed by atoms with Gasteiger partial charge in [-0.1, -0.05) is 30.3 Å². The Bertz CT molecular complexity index is 524. The Labute approximate surface area is 153 Å². The number of rotatable bonds is 14. The normalized spacial score (nSPS) is 10.2. The summed E-state index contributed by atoms with van der Waals surface area (Å²) in [5.74, 6) is -0.181. The first-order valence-corrected chi connectivity index (χ1v) is 8.52. The van der Waals surface area contributed by atoms with Crippen molar-refractivity contribution in [3.63, 3.8) is 0 Å². The van der Waals surface area contributed by atoms with E-state index in [2.05, 4.69) is 10.6 Å². The largest absolute Gasteiger partial charge is 0.445 e. The highest BCUT2D eigenvalue weighted by molar-refractivity contribution is 5.76. The highest BCUT2D eigenvalue weighted by Gasteiger charge is 2.05. The van der Waals surface area contributed by atoms with E-state index in [1.54, 1.807) is 0 Å². The summed E-state index contributed by atoms with van der Waals surface area (Å²) >= 11 is 0. The van der Waals surface area contributed by atoms with Crippen LogP contribution in [0.1, 0.15) is 18.4 Å². The van der Waals surface area contributed by atoms with Crippen molar-refractivity contribution < 1.29 is 28.6 Å². The number of alkyl carbamates (subject to hydrolysis) is 1. The van der Waals surface area contributed by atoms with Crippen molar-refractivity contribution >= 4 is 18.3 Å². The SMILES string of the molecule is O=CCCOCCOCCNC(=O)CCNC(=O)OCc1ccccc1. The zero-order chi connectivity index (χ0) is 18.9. The predicted molar refractivity (Wildman–Crippen MR) is 94.6 cm³/mol. The monoisotopic (exact) mass is 366 g/mol. The molecule has 8 heteroatoms. The minimum Gasteiger partial charge on any atom is -0.445 e. The molecule has 0 aromatic heterocycles. The summed E-state index contributed by atoms with van der Waals surface area (Å²) in [6.07, 6.45) is 0.785. The molecular weight excluding hydrogens is 340 g/mol. The molecule has 8 nitrogen and oxygen atoms in total. The van der Waals surface area contributed by atoms with E-state index < -0.39 is 6.09 Å². The number of carbonyl (C=O) groups excluding carboxylic acids is 3. The highest BCUT2D eigenvalue weighted by Crippen LogP contribution is 2.00. The zero-order valence-electron chi connectivity index (χ0n) is 14.8. The van der Waals surface area contributed by atoms with Crippen molar-refractivity contribution in [2.24, 2.45) is 0 Å². The van der Waals surface area contributed by atoms with E-state index in [0.717, 1.165) is 11.8 Å². The van der Waals surface area contributed by atoms with E-state index in [1.165, 1.54) is 0 Å². The number of nitrogens with one attached hydrogen (secondary N) is 2. The summed E-state index contributed by atoms with van der Waals surface area (Å²) in [6, 6.07) is 9.34. The Morgan fingerprint density at radius 1 is 0.923 bits per heavy atom. The van der Waals surface area contributed by atoms with E-state index in [-0.39, 0.29) is 25.5 Å². The Balaban J connectivity index is 1.91. The molecule has 0 unspecified atom stereocenters. The van der Waals surface area contributed by atoms with Crippen LogP contribution in [0.2, 0.25) is 0 Å². The van der Waals surface area contributed by atoms with Crippen LogP contribution in [0, 0.1) is 0 Å². The lowest BCUT2D eigenvalue weighted by atomic mass is 10.2. The van der Waals surface area contributed by atoms with Gasteiger partial charge in [0.2, 0.25) is 5.91 Å². The molecule has 0 fully saturated rings. The molecule has 1 aromatic rings. The lowest BCUT2D eigenvalue weighted by Crippen LogP contribution is -2.32. The molecule has 1 rings (SSSR count). The van der Waals surface area contributed by atoms with Gasteiger partial charge in [-0.15, -0.1) is 0 Å². The van der Waals surface area contributed by atoms with Crippen LogP contribution in [0.3, 0.4) is 0 Å². The van der Waals surface area contributed by atoms with Gasteiger partial charge in [-0.2, -0.15) is 0 Å². The Morgan fingerprint density at radius 3 is 2.38 bits per heavy atom. The minimum atomic E-state index is -0.556. The lowest BCUT2D eigenvalue weighted by molar-refractivity contribution is -0.121. The molecule has 2 N–H and O–H groups in total. The van der Waals surface area contributed by atoms with Gasteiger partial charge in [0.25, 0.3) is 0 Å². The third-order valence-corrected chi connectivity index (χ3v) is 3.15. The maximum atomic E-state index is 11.6. The van der Waals surface area contributed by atoms with Crippen molar-refractivity contribution in [3.8, 4) is 0 Å². The highest BCUT2D eigenvalue weighted by atomic mass is 16.5. The fourth-order valence-electron chi connectivity index (χ4n) is 1.86. The van der Waals surface area contributed by atoms with Gasteiger partial charge < -0.3 is 29.6 Å². The van der Waals surface area contributed by atoms with E-state index in [0.29, 0.717) is 39.4 Å². The number of hydrogen-bond donors (Lipinski definition) is 2.